The molecule has 0 amide bonds. The minimum absolute atomic E-state index is 0.125. The van der Waals surface area contributed by atoms with Crippen molar-refractivity contribution in [2.45, 2.75) is 77.0 Å². The number of nitrogens with one attached hydrogen (secondary N) is 1. The molecule has 2 aromatic rings. The molecule has 1 aliphatic heterocycles. The molecular formula is C21H31N5O2S. The van der Waals surface area contributed by atoms with Crippen LogP contribution in [0.5, 0.6) is 0 Å². The van der Waals surface area contributed by atoms with E-state index in [0.29, 0.717) is 6.04 Å². The number of hydrogen-bond donors (Lipinski definition) is 2. The molecule has 29 heavy (non-hydrogen) atoms. The van der Waals surface area contributed by atoms with Crippen LogP contribution in [0.1, 0.15) is 61.6 Å². The van der Waals surface area contributed by atoms with Crippen molar-refractivity contribution < 1.29 is 5.11 Å². The van der Waals surface area contributed by atoms with Gasteiger partial charge in [-0.05, 0) is 52.0 Å². The highest BCUT2D eigenvalue weighted by molar-refractivity contribution is 7.15. The summed E-state index contributed by atoms with van der Waals surface area (Å²) < 4.78 is 1.53. The van der Waals surface area contributed by atoms with Gasteiger partial charge in [0, 0.05) is 30.1 Å². The van der Waals surface area contributed by atoms with Gasteiger partial charge in [0.1, 0.15) is 5.82 Å². The lowest BCUT2D eigenvalue weighted by Crippen LogP contribution is -2.45. The monoisotopic (exact) mass is 417 g/mol. The highest BCUT2D eigenvalue weighted by Gasteiger charge is 2.29. The van der Waals surface area contributed by atoms with Crippen molar-refractivity contribution >= 4 is 22.3 Å². The summed E-state index contributed by atoms with van der Waals surface area (Å²) in [5, 5.41) is 19.6. The van der Waals surface area contributed by atoms with Gasteiger partial charge in [-0.2, -0.15) is 5.10 Å². The first-order valence-electron chi connectivity index (χ1n) is 10.8. The zero-order chi connectivity index (χ0) is 20.4. The molecule has 2 fully saturated rings. The molecule has 1 saturated carbocycles. The number of anilines is 2. The number of aromatic nitrogens is 3. The van der Waals surface area contributed by atoms with Crippen LogP contribution in [0, 0.1) is 13.8 Å². The Morgan fingerprint density at radius 1 is 1.17 bits per heavy atom. The Morgan fingerprint density at radius 2 is 1.97 bits per heavy atom. The van der Waals surface area contributed by atoms with E-state index in [-0.39, 0.29) is 11.6 Å². The number of thiazole rings is 1. The molecule has 8 heteroatoms. The second-order valence-corrected chi connectivity index (χ2v) is 9.48. The predicted molar refractivity (Wildman–Crippen MR) is 117 cm³/mol. The van der Waals surface area contributed by atoms with Crippen molar-refractivity contribution in [3.63, 3.8) is 0 Å². The summed E-state index contributed by atoms with van der Waals surface area (Å²) in [7, 11) is 0. The molecule has 3 heterocycles. The first-order chi connectivity index (χ1) is 14.0. The first-order valence-corrected chi connectivity index (χ1v) is 11.6. The number of rotatable bonds is 5. The fourth-order valence-corrected chi connectivity index (χ4v) is 5.27. The number of aryl methyl sites for hydroxylation is 2. The van der Waals surface area contributed by atoms with Crippen LogP contribution in [-0.4, -0.2) is 45.1 Å². The van der Waals surface area contributed by atoms with Crippen LogP contribution in [-0.2, 0) is 0 Å². The molecule has 0 radical (unpaired) electrons. The number of aliphatic hydroxyl groups is 1. The molecule has 0 aromatic carbocycles. The van der Waals surface area contributed by atoms with E-state index in [1.165, 1.54) is 16.0 Å². The summed E-state index contributed by atoms with van der Waals surface area (Å²) in [6, 6.07) is 3.54. The van der Waals surface area contributed by atoms with E-state index in [2.05, 4.69) is 22.1 Å². The first kappa shape index (κ1) is 20.3. The molecule has 0 spiro atoms. The van der Waals surface area contributed by atoms with E-state index < -0.39 is 6.10 Å². The average molecular weight is 418 g/mol. The van der Waals surface area contributed by atoms with Crippen LogP contribution in [0.3, 0.4) is 0 Å². The minimum atomic E-state index is -0.487. The van der Waals surface area contributed by atoms with E-state index in [0.717, 1.165) is 68.3 Å². The maximum Gasteiger partial charge on any atom is 0.267 e. The molecule has 1 saturated heterocycles. The van der Waals surface area contributed by atoms with Gasteiger partial charge in [-0.1, -0.05) is 12.8 Å². The number of piperidine rings is 1. The lowest BCUT2D eigenvalue weighted by Gasteiger charge is -2.37. The van der Waals surface area contributed by atoms with Gasteiger partial charge < -0.3 is 15.3 Å². The van der Waals surface area contributed by atoms with Gasteiger partial charge in [-0.25, -0.2) is 9.67 Å². The zero-order valence-electron chi connectivity index (χ0n) is 17.3. The maximum atomic E-state index is 12.5. The standard InChI is InChI=1S/C21H31N5O2S/c1-14-15(2)29-21(23-14)22-13-16-7-5-6-12-25(16)19-10-11-20(28)26(24-19)17-8-3-4-9-18(17)27/h10-11,16-18,27H,3-9,12-13H2,1-2H3,(H,22,23). The summed E-state index contributed by atoms with van der Waals surface area (Å²) in [6.45, 7) is 5.87. The van der Waals surface area contributed by atoms with Gasteiger partial charge >= 0.3 is 0 Å². The van der Waals surface area contributed by atoms with Crippen molar-refractivity contribution in [2.75, 3.05) is 23.3 Å². The van der Waals surface area contributed by atoms with Crippen LogP contribution in [0.15, 0.2) is 16.9 Å². The van der Waals surface area contributed by atoms with Crippen molar-refractivity contribution in [1.82, 2.24) is 14.8 Å². The Balaban J connectivity index is 1.53. The van der Waals surface area contributed by atoms with Crippen molar-refractivity contribution in [3.05, 3.63) is 33.1 Å². The Labute approximate surface area is 175 Å². The van der Waals surface area contributed by atoms with E-state index in [1.54, 1.807) is 17.4 Å². The van der Waals surface area contributed by atoms with Gasteiger partial charge in [-0.15, -0.1) is 11.3 Å². The minimum Gasteiger partial charge on any atom is -0.391 e. The SMILES string of the molecule is Cc1nc(NCC2CCCCN2c2ccc(=O)n(C3CCCCC3O)n2)sc1C. The van der Waals surface area contributed by atoms with Gasteiger partial charge in [0.05, 0.1) is 17.8 Å². The van der Waals surface area contributed by atoms with Crippen LogP contribution in [0.25, 0.3) is 0 Å². The average Bonchev–Trinajstić information content (AvgIpc) is 3.05. The molecule has 2 aliphatic rings. The Hall–Kier alpha value is -1.93. The molecule has 2 aromatic heterocycles. The molecule has 1 aliphatic carbocycles. The second kappa shape index (κ2) is 8.83. The predicted octanol–water partition coefficient (Wildman–Crippen LogP) is 3.26. The van der Waals surface area contributed by atoms with Gasteiger partial charge in [0.25, 0.3) is 5.56 Å². The fourth-order valence-electron chi connectivity index (χ4n) is 4.45. The third kappa shape index (κ3) is 4.48. The normalized spacial score (nSPS) is 25.2. The summed E-state index contributed by atoms with van der Waals surface area (Å²) in [4.78, 5) is 20.6. The highest BCUT2D eigenvalue weighted by Crippen LogP contribution is 2.29. The number of hydrogen-bond acceptors (Lipinski definition) is 7. The van der Waals surface area contributed by atoms with Crippen LogP contribution >= 0.6 is 11.3 Å². The summed E-state index contributed by atoms with van der Waals surface area (Å²) in [5.41, 5.74) is 0.956. The van der Waals surface area contributed by atoms with E-state index in [9.17, 15) is 9.90 Å². The Bertz CT molecular complexity index is 876. The molecule has 4 rings (SSSR count). The van der Waals surface area contributed by atoms with E-state index in [4.69, 9.17) is 5.10 Å². The summed E-state index contributed by atoms with van der Waals surface area (Å²) >= 11 is 1.69. The van der Waals surface area contributed by atoms with E-state index >= 15 is 0 Å². The van der Waals surface area contributed by atoms with Gasteiger partial charge in [0.2, 0.25) is 0 Å². The molecule has 3 atom stereocenters. The smallest absolute Gasteiger partial charge is 0.267 e. The Kier molecular flexibility index (Phi) is 6.20. The highest BCUT2D eigenvalue weighted by atomic mass is 32.1. The largest absolute Gasteiger partial charge is 0.391 e. The number of aliphatic hydroxyl groups excluding tert-OH is 1. The summed E-state index contributed by atoms with van der Waals surface area (Å²) in [5.74, 6) is 0.834. The quantitative estimate of drug-likeness (QED) is 0.777. The fraction of sp³-hybridized carbons (Fsp3) is 0.667. The molecule has 3 unspecified atom stereocenters. The zero-order valence-corrected chi connectivity index (χ0v) is 18.1. The van der Waals surface area contributed by atoms with Crippen molar-refractivity contribution in [1.29, 1.82) is 0 Å². The van der Waals surface area contributed by atoms with Gasteiger partial charge in [0.15, 0.2) is 5.13 Å². The molecule has 0 bridgehead atoms. The molecule has 2 N–H and O–H groups in total. The van der Waals surface area contributed by atoms with Crippen LogP contribution < -0.4 is 15.8 Å². The van der Waals surface area contributed by atoms with Crippen LogP contribution in [0.4, 0.5) is 10.9 Å². The van der Waals surface area contributed by atoms with Crippen molar-refractivity contribution in [2.24, 2.45) is 0 Å². The van der Waals surface area contributed by atoms with Crippen LogP contribution in [0.2, 0.25) is 0 Å². The molecule has 7 nitrogen and oxygen atoms in total. The Morgan fingerprint density at radius 3 is 2.72 bits per heavy atom. The lowest BCUT2D eigenvalue weighted by molar-refractivity contribution is 0.0669. The maximum absolute atomic E-state index is 12.5. The van der Waals surface area contributed by atoms with Gasteiger partial charge in [-0.3, -0.25) is 4.79 Å². The topological polar surface area (TPSA) is 83.3 Å². The molecular weight excluding hydrogens is 386 g/mol. The lowest BCUT2D eigenvalue weighted by atomic mass is 9.93. The third-order valence-electron chi connectivity index (χ3n) is 6.26. The number of nitrogens with zero attached hydrogens (tertiary/aromatic N) is 4. The van der Waals surface area contributed by atoms with E-state index in [1.807, 2.05) is 13.0 Å². The second-order valence-electron chi connectivity index (χ2n) is 8.28. The summed E-state index contributed by atoms with van der Waals surface area (Å²) in [6.07, 6.45) is 6.52. The van der Waals surface area contributed by atoms with Crippen molar-refractivity contribution in [3.8, 4) is 0 Å². The molecule has 158 valence electrons. The third-order valence-corrected chi connectivity index (χ3v) is 7.29.